The zero-order valence-corrected chi connectivity index (χ0v) is 30.8. The first-order chi connectivity index (χ1) is 26.4. The van der Waals surface area contributed by atoms with Gasteiger partial charge in [0.15, 0.2) is 0 Å². The molecule has 54 heavy (non-hydrogen) atoms. The van der Waals surface area contributed by atoms with Crippen molar-refractivity contribution in [2.24, 2.45) is 0 Å². The SMILES string of the molecule is Cc1ccc(C2(c3ccc(-n4c5ccccc5c5ccccc54)cc3)c3cc(-c4ccccc4)cc4c3-c3c(cc(-c5ccccc5)cc32)C4(C)C)cc1. The fourth-order valence-electron chi connectivity index (χ4n) is 9.94. The highest BCUT2D eigenvalue weighted by Gasteiger charge is 2.53. The molecule has 1 heterocycles. The lowest BCUT2D eigenvalue weighted by Gasteiger charge is -2.37. The quantitative estimate of drug-likeness (QED) is 0.170. The summed E-state index contributed by atoms with van der Waals surface area (Å²) in [7, 11) is 0. The van der Waals surface area contributed by atoms with Crippen LogP contribution in [0.15, 0.2) is 182 Å². The third-order valence-corrected chi connectivity index (χ3v) is 12.5. The number of fused-ring (bicyclic) bond motifs is 3. The van der Waals surface area contributed by atoms with Gasteiger partial charge in [-0.2, -0.15) is 0 Å². The van der Waals surface area contributed by atoms with Gasteiger partial charge in [-0.3, -0.25) is 0 Å². The van der Waals surface area contributed by atoms with Gasteiger partial charge in [0, 0.05) is 21.9 Å². The van der Waals surface area contributed by atoms with Crippen molar-refractivity contribution < 1.29 is 0 Å². The van der Waals surface area contributed by atoms with Crippen LogP contribution in [0.1, 0.15) is 52.8 Å². The normalized spacial score (nSPS) is 14.5. The Morgan fingerprint density at radius 1 is 0.389 bits per heavy atom. The molecule has 1 aromatic heterocycles. The van der Waals surface area contributed by atoms with Crippen molar-refractivity contribution in [2.45, 2.75) is 31.6 Å². The van der Waals surface area contributed by atoms with Crippen molar-refractivity contribution in [1.82, 2.24) is 4.57 Å². The first-order valence-electron chi connectivity index (χ1n) is 19.1. The lowest BCUT2D eigenvalue weighted by Crippen LogP contribution is -2.30. The first kappa shape index (κ1) is 31.1. The summed E-state index contributed by atoms with van der Waals surface area (Å²) in [6.07, 6.45) is 0. The van der Waals surface area contributed by atoms with E-state index in [0.717, 1.165) is 0 Å². The van der Waals surface area contributed by atoms with Crippen LogP contribution in [0.25, 0.3) is 60.9 Å². The molecule has 0 aliphatic heterocycles. The molecule has 256 valence electrons. The molecule has 0 amide bonds. The van der Waals surface area contributed by atoms with Crippen molar-refractivity contribution in [3.8, 4) is 39.1 Å². The molecule has 9 aromatic rings. The highest BCUT2D eigenvalue weighted by molar-refractivity contribution is 6.09. The maximum absolute atomic E-state index is 2.52. The Bertz CT molecular complexity index is 2770. The Morgan fingerprint density at radius 2 is 0.796 bits per heavy atom. The molecule has 11 rings (SSSR count). The van der Waals surface area contributed by atoms with Gasteiger partial charge < -0.3 is 4.57 Å². The van der Waals surface area contributed by atoms with Crippen molar-refractivity contribution in [3.05, 3.63) is 221 Å². The molecule has 0 unspecified atom stereocenters. The van der Waals surface area contributed by atoms with Crippen LogP contribution in [0.5, 0.6) is 0 Å². The largest absolute Gasteiger partial charge is 0.309 e. The van der Waals surface area contributed by atoms with Crippen LogP contribution in [0.2, 0.25) is 0 Å². The molecule has 2 aliphatic rings. The van der Waals surface area contributed by atoms with Crippen LogP contribution in [0.4, 0.5) is 0 Å². The summed E-state index contributed by atoms with van der Waals surface area (Å²) in [6.45, 7) is 7.04. The van der Waals surface area contributed by atoms with Gasteiger partial charge >= 0.3 is 0 Å². The Morgan fingerprint density at radius 3 is 1.28 bits per heavy atom. The summed E-state index contributed by atoms with van der Waals surface area (Å²) in [4.78, 5) is 0. The van der Waals surface area contributed by atoms with Crippen LogP contribution >= 0.6 is 0 Å². The van der Waals surface area contributed by atoms with E-state index in [-0.39, 0.29) is 5.41 Å². The van der Waals surface area contributed by atoms with Crippen LogP contribution in [0.3, 0.4) is 0 Å². The zero-order chi connectivity index (χ0) is 36.2. The van der Waals surface area contributed by atoms with Gasteiger partial charge in [0.05, 0.1) is 16.4 Å². The van der Waals surface area contributed by atoms with Gasteiger partial charge in [-0.05, 0) is 122 Å². The summed E-state index contributed by atoms with van der Waals surface area (Å²) < 4.78 is 2.42. The Labute approximate surface area is 316 Å². The fourth-order valence-corrected chi connectivity index (χ4v) is 9.94. The number of aromatic nitrogens is 1. The standard InChI is InChI=1S/C53H39N/c1-34-22-24-39(25-23-34)53(40-26-28-41(29-27-40)54-48-20-12-10-18-42(48)43-19-11-13-21-49(43)54)46-32-37(35-14-6-4-7-15-35)30-44-50(46)51-45(52(44,2)3)31-38(33-47(51)53)36-16-8-5-9-17-36/h4-33H,1-3H3. The average Bonchev–Trinajstić information content (AvgIpc) is 3.80. The maximum Gasteiger partial charge on any atom is 0.0714 e. The molecular formula is C53H39N. The first-order valence-corrected chi connectivity index (χ1v) is 19.1. The third-order valence-electron chi connectivity index (χ3n) is 12.5. The molecule has 1 nitrogen and oxygen atoms in total. The molecule has 1 heteroatoms. The summed E-state index contributed by atoms with van der Waals surface area (Å²) in [5.74, 6) is 0. The van der Waals surface area contributed by atoms with Crippen molar-refractivity contribution in [1.29, 1.82) is 0 Å². The smallest absolute Gasteiger partial charge is 0.0714 e. The van der Waals surface area contributed by atoms with E-state index in [9.17, 15) is 0 Å². The number of hydrogen-bond acceptors (Lipinski definition) is 0. The molecule has 0 spiro atoms. The second-order valence-corrected chi connectivity index (χ2v) is 15.8. The number of rotatable bonds is 5. The molecule has 0 bridgehead atoms. The van der Waals surface area contributed by atoms with Crippen LogP contribution in [-0.4, -0.2) is 4.57 Å². The van der Waals surface area contributed by atoms with E-state index in [1.807, 2.05) is 0 Å². The van der Waals surface area contributed by atoms with E-state index in [0.29, 0.717) is 0 Å². The third kappa shape index (κ3) is 4.15. The Kier molecular flexibility index (Phi) is 6.50. The van der Waals surface area contributed by atoms with Gasteiger partial charge in [0.2, 0.25) is 0 Å². The summed E-state index contributed by atoms with van der Waals surface area (Å²) >= 11 is 0. The molecule has 0 N–H and O–H groups in total. The van der Waals surface area contributed by atoms with Gasteiger partial charge in [-0.1, -0.05) is 153 Å². The highest BCUT2D eigenvalue weighted by Crippen LogP contribution is 2.65. The molecule has 0 radical (unpaired) electrons. The van der Waals surface area contributed by atoms with E-state index in [1.54, 1.807) is 0 Å². The average molecular weight is 690 g/mol. The van der Waals surface area contributed by atoms with Gasteiger partial charge in [0.25, 0.3) is 0 Å². The number of para-hydroxylation sites is 2. The van der Waals surface area contributed by atoms with E-state index in [2.05, 4.69) is 207 Å². The monoisotopic (exact) mass is 689 g/mol. The van der Waals surface area contributed by atoms with Gasteiger partial charge in [0.1, 0.15) is 0 Å². The predicted octanol–water partition coefficient (Wildman–Crippen LogP) is 13.4. The van der Waals surface area contributed by atoms with Crippen LogP contribution in [0, 0.1) is 6.92 Å². The van der Waals surface area contributed by atoms with E-state index in [1.165, 1.54) is 99.8 Å². The maximum atomic E-state index is 2.52. The highest BCUT2D eigenvalue weighted by atomic mass is 15.0. The molecule has 0 atom stereocenters. The van der Waals surface area contributed by atoms with Gasteiger partial charge in [-0.15, -0.1) is 0 Å². The minimum Gasteiger partial charge on any atom is -0.309 e. The lowest BCUT2D eigenvalue weighted by molar-refractivity contribution is 0.652. The number of nitrogens with zero attached hydrogens (tertiary/aromatic N) is 1. The summed E-state index contributed by atoms with van der Waals surface area (Å²) in [5, 5.41) is 2.55. The molecule has 8 aromatic carbocycles. The molecule has 0 saturated carbocycles. The molecule has 0 fully saturated rings. The molecule has 0 saturated heterocycles. The Hall–Kier alpha value is -6.44. The lowest BCUT2D eigenvalue weighted by atomic mass is 9.65. The van der Waals surface area contributed by atoms with Crippen molar-refractivity contribution >= 4 is 21.8 Å². The van der Waals surface area contributed by atoms with Gasteiger partial charge in [-0.25, -0.2) is 0 Å². The topological polar surface area (TPSA) is 4.93 Å². The number of hydrogen-bond donors (Lipinski definition) is 0. The molecular weight excluding hydrogens is 651 g/mol. The minimum absolute atomic E-state index is 0.163. The predicted molar refractivity (Wildman–Crippen MR) is 226 cm³/mol. The van der Waals surface area contributed by atoms with Crippen molar-refractivity contribution in [2.75, 3.05) is 0 Å². The van der Waals surface area contributed by atoms with E-state index < -0.39 is 5.41 Å². The molecule has 2 aliphatic carbocycles. The van der Waals surface area contributed by atoms with E-state index >= 15 is 0 Å². The second-order valence-electron chi connectivity index (χ2n) is 15.8. The minimum atomic E-state index is -0.534. The van der Waals surface area contributed by atoms with Crippen LogP contribution < -0.4 is 0 Å². The second kappa shape index (κ2) is 11.3. The summed E-state index contributed by atoms with van der Waals surface area (Å²) in [5.41, 5.74) is 20.2. The van der Waals surface area contributed by atoms with E-state index in [4.69, 9.17) is 0 Å². The zero-order valence-electron chi connectivity index (χ0n) is 30.8. The van der Waals surface area contributed by atoms with Crippen LogP contribution in [-0.2, 0) is 10.8 Å². The number of benzene rings is 8. The fraction of sp³-hybridized carbons (Fsp3) is 0.0943. The Balaban J connectivity index is 1.24. The van der Waals surface area contributed by atoms with Crippen molar-refractivity contribution in [3.63, 3.8) is 0 Å². The summed E-state index contributed by atoms with van der Waals surface area (Å²) in [6, 6.07) is 68.3. The number of aryl methyl sites for hydroxylation is 1.